The summed E-state index contributed by atoms with van der Waals surface area (Å²) < 4.78 is 12.3. The van der Waals surface area contributed by atoms with Gasteiger partial charge in [0, 0.05) is 17.5 Å². The molecule has 162 valence electrons. The molecule has 0 radical (unpaired) electrons. The molecule has 0 spiro atoms. The van der Waals surface area contributed by atoms with E-state index in [0.717, 1.165) is 5.56 Å². The van der Waals surface area contributed by atoms with E-state index in [9.17, 15) is 9.59 Å². The van der Waals surface area contributed by atoms with Crippen LogP contribution in [0, 0.1) is 5.92 Å². The number of aromatic nitrogens is 4. The van der Waals surface area contributed by atoms with E-state index in [1.54, 1.807) is 49.0 Å². The monoisotopic (exact) mass is 424 g/mol. The number of methoxy groups -OCH3 is 1. The van der Waals surface area contributed by atoms with Gasteiger partial charge >= 0.3 is 6.03 Å². The average Bonchev–Trinajstić information content (AvgIpc) is 3.21. The highest BCUT2D eigenvalue weighted by Gasteiger charge is 2.21. The molecular weight excluding hydrogens is 400 g/mol. The Morgan fingerprint density at radius 2 is 1.90 bits per heavy atom. The largest absolute Gasteiger partial charge is 0.492 e. The molecule has 10 heteroatoms. The van der Waals surface area contributed by atoms with Crippen LogP contribution in [0.1, 0.15) is 24.5 Å². The number of carbonyl (C=O) groups excluding carboxylic acids is 2. The van der Waals surface area contributed by atoms with E-state index >= 15 is 0 Å². The van der Waals surface area contributed by atoms with Crippen LogP contribution in [0.4, 0.5) is 4.79 Å². The average molecular weight is 424 g/mol. The van der Waals surface area contributed by atoms with Gasteiger partial charge in [-0.1, -0.05) is 13.8 Å². The molecular formula is C21H24N6O4. The van der Waals surface area contributed by atoms with Crippen LogP contribution in [0.15, 0.2) is 42.6 Å². The Labute approximate surface area is 179 Å². The lowest BCUT2D eigenvalue weighted by atomic mass is 10.1. The molecule has 3 rings (SSSR count). The number of nitrogens with two attached hydrogens (primary N) is 1. The Morgan fingerprint density at radius 1 is 1.16 bits per heavy atom. The van der Waals surface area contributed by atoms with Crippen molar-refractivity contribution in [2.75, 3.05) is 20.3 Å². The fraction of sp³-hybridized carbons (Fsp3) is 0.286. The topological polar surface area (TPSA) is 134 Å². The Morgan fingerprint density at radius 3 is 2.48 bits per heavy atom. The fourth-order valence-electron chi connectivity index (χ4n) is 2.70. The Kier molecular flexibility index (Phi) is 6.81. The van der Waals surface area contributed by atoms with Crippen LogP contribution in [0.5, 0.6) is 11.6 Å². The first-order chi connectivity index (χ1) is 14.9. The van der Waals surface area contributed by atoms with E-state index in [1.165, 1.54) is 7.11 Å². The molecule has 3 aromatic rings. The van der Waals surface area contributed by atoms with Crippen molar-refractivity contribution in [1.29, 1.82) is 0 Å². The lowest BCUT2D eigenvalue weighted by molar-refractivity contribution is 0.0929. The first-order valence-corrected chi connectivity index (χ1v) is 9.67. The number of hydrogen-bond donors (Lipinski definition) is 2. The zero-order valence-electron chi connectivity index (χ0n) is 17.5. The van der Waals surface area contributed by atoms with E-state index in [2.05, 4.69) is 20.4 Å². The molecule has 0 fully saturated rings. The number of pyridine rings is 1. The van der Waals surface area contributed by atoms with Crippen molar-refractivity contribution in [2.45, 2.75) is 13.8 Å². The molecule has 0 saturated heterocycles. The van der Waals surface area contributed by atoms with Crippen molar-refractivity contribution in [3.05, 3.63) is 48.4 Å². The highest BCUT2D eigenvalue weighted by Crippen LogP contribution is 2.25. The zero-order valence-corrected chi connectivity index (χ0v) is 17.5. The molecule has 0 aliphatic rings. The molecule has 0 atom stereocenters. The number of ether oxygens (including phenoxy) is 2. The van der Waals surface area contributed by atoms with Gasteiger partial charge in [-0.15, -0.1) is 5.10 Å². The van der Waals surface area contributed by atoms with Crippen molar-refractivity contribution in [3.8, 4) is 28.7 Å². The minimum atomic E-state index is -0.599. The standard InChI is InChI=1S/C21H24N6O4/c1-13(2)18(28)19-25-20(27(26-19)15-6-9-17(30-3)24-12-15)14-4-7-16(8-5-14)31-11-10-23-21(22)29/h4-9,12-13H,10-11H2,1-3H3,(H3,22,23,29). The number of amides is 2. The minimum absolute atomic E-state index is 0.138. The molecule has 3 N–H and O–H groups in total. The van der Waals surface area contributed by atoms with Crippen molar-refractivity contribution < 1.29 is 19.1 Å². The number of nitrogens with one attached hydrogen (secondary N) is 1. The van der Waals surface area contributed by atoms with Crippen molar-refractivity contribution in [1.82, 2.24) is 25.1 Å². The van der Waals surface area contributed by atoms with Crippen LogP contribution >= 0.6 is 0 Å². The second-order valence-corrected chi connectivity index (χ2v) is 6.91. The summed E-state index contributed by atoms with van der Waals surface area (Å²) in [5, 5.41) is 6.88. The quantitative estimate of drug-likeness (QED) is 0.397. The molecule has 0 aliphatic carbocycles. The number of hydrogen-bond acceptors (Lipinski definition) is 7. The third kappa shape index (κ3) is 5.35. The van der Waals surface area contributed by atoms with Crippen molar-refractivity contribution in [2.24, 2.45) is 11.7 Å². The summed E-state index contributed by atoms with van der Waals surface area (Å²) >= 11 is 0. The van der Waals surface area contributed by atoms with Crippen molar-refractivity contribution in [3.63, 3.8) is 0 Å². The van der Waals surface area contributed by atoms with Crippen molar-refractivity contribution >= 4 is 11.8 Å². The summed E-state index contributed by atoms with van der Waals surface area (Å²) in [4.78, 5) is 31.9. The normalized spacial score (nSPS) is 10.7. The number of rotatable bonds is 9. The van der Waals surface area contributed by atoms with Crippen LogP contribution in [-0.4, -0.2) is 51.8 Å². The van der Waals surface area contributed by atoms with Gasteiger partial charge < -0.3 is 20.5 Å². The summed E-state index contributed by atoms with van der Waals surface area (Å²) in [7, 11) is 1.54. The number of nitrogens with zero attached hydrogens (tertiary/aromatic N) is 4. The maximum atomic E-state index is 12.5. The number of carbonyl (C=O) groups is 2. The molecule has 31 heavy (non-hydrogen) atoms. The third-order valence-electron chi connectivity index (χ3n) is 4.31. The lowest BCUT2D eigenvalue weighted by Crippen LogP contribution is -2.32. The van der Waals surface area contributed by atoms with Crippen LogP contribution in [0.2, 0.25) is 0 Å². The summed E-state index contributed by atoms with van der Waals surface area (Å²) in [5.74, 6) is 1.34. The van der Waals surface area contributed by atoms with Crippen LogP contribution in [0.25, 0.3) is 17.1 Å². The second-order valence-electron chi connectivity index (χ2n) is 6.91. The van der Waals surface area contributed by atoms with Crippen LogP contribution in [0.3, 0.4) is 0 Å². The molecule has 2 amide bonds. The summed E-state index contributed by atoms with van der Waals surface area (Å²) in [6.07, 6.45) is 1.60. The predicted octanol–water partition coefficient (Wildman–Crippen LogP) is 2.22. The number of Topliss-reactive ketones (excluding diaryl/α,β-unsaturated/α-hetero) is 1. The fourth-order valence-corrected chi connectivity index (χ4v) is 2.70. The van der Waals surface area contributed by atoms with Gasteiger partial charge in [0.25, 0.3) is 0 Å². The van der Waals surface area contributed by atoms with E-state index in [4.69, 9.17) is 15.2 Å². The molecule has 0 aliphatic heterocycles. The molecule has 0 unspecified atom stereocenters. The number of ketones is 1. The SMILES string of the molecule is COc1ccc(-n2nc(C(=O)C(C)C)nc2-c2ccc(OCCNC(N)=O)cc2)cn1. The van der Waals surface area contributed by atoms with Crippen LogP contribution < -0.4 is 20.5 Å². The van der Waals surface area contributed by atoms with Gasteiger partial charge in [-0.25, -0.2) is 19.4 Å². The smallest absolute Gasteiger partial charge is 0.312 e. The molecule has 2 aromatic heterocycles. The molecule has 1 aromatic carbocycles. The highest BCUT2D eigenvalue weighted by atomic mass is 16.5. The predicted molar refractivity (Wildman–Crippen MR) is 113 cm³/mol. The van der Waals surface area contributed by atoms with Gasteiger partial charge in [0.2, 0.25) is 17.5 Å². The van der Waals surface area contributed by atoms with Gasteiger partial charge in [0.1, 0.15) is 12.4 Å². The van der Waals surface area contributed by atoms with Gasteiger partial charge in [-0.05, 0) is 30.3 Å². The van der Waals surface area contributed by atoms with Gasteiger partial charge in [0.15, 0.2) is 5.82 Å². The first-order valence-electron chi connectivity index (χ1n) is 9.67. The third-order valence-corrected chi connectivity index (χ3v) is 4.31. The van der Waals surface area contributed by atoms with E-state index in [0.29, 0.717) is 29.7 Å². The zero-order chi connectivity index (χ0) is 22.4. The molecule has 10 nitrogen and oxygen atoms in total. The summed E-state index contributed by atoms with van der Waals surface area (Å²) in [6.45, 7) is 4.19. The van der Waals surface area contributed by atoms with E-state index in [-0.39, 0.29) is 24.1 Å². The number of benzene rings is 1. The van der Waals surface area contributed by atoms with Gasteiger partial charge in [-0.2, -0.15) is 0 Å². The second kappa shape index (κ2) is 9.70. The first kappa shape index (κ1) is 21.8. The summed E-state index contributed by atoms with van der Waals surface area (Å²) in [6, 6.07) is 10.1. The van der Waals surface area contributed by atoms with E-state index < -0.39 is 6.03 Å². The Bertz CT molecular complexity index is 1040. The van der Waals surface area contributed by atoms with Gasteiger partial charge in [-0.3, -0.25) is 4.79 Å². The van der Waals surface area contributed by atoms with E-state index in [1.807, 2.05) is 12.1 Å². The number of urea groups is 1. The number of primary amides is 1. The van der Waals surface area contributed by atoms with Gasteiger partial charge in [0.05, 0.1) is 25.5 Å². The lowest BCUT2D eigenvalue weighted by Gasteiger charge is -2.09. The Balaban J connectivity index is 1.89. The minimum Gasteiger partial charge on any atom is -0.492 e. The Hall–Kier alpha value is -3.95. The summed E-state index contributed by atoms with van der Waals surface area (Å²) in [5.41, 5.74) is 6.41. The molecule has 0 bridgehead atoms. The molecule has 2 heterocycles. The maximum absolute atomic E-state index is 12.5. The highest BCUT2D eigenvalue weighted by molar-refractivity contribution is 5.94. The van der Waals surface area contributed by atoms with Crippen LogP contribution in [-0.2, 0) is 0 Å². The maximum Gasteiger partial charge on any atom is 0.312 e. The molecule has 0 saturated carbocycles.